The molecule has 0 saturated heterocycles. The van der Waals surface area contributed by atoms with E-state index in [1.165, 1.54) is 7.05 Å². The van der Waals surface area contributed by atoms with Crippen LogP contribution in [0.15, 0.2) is 42.5 Å². The fourth-order valence-corrected chi connectivity index (χ4v) is 2.55. The van der Waals surface area contributed by atoms with Gasteiger partial charge < -0.3 is 10.4 Å². The molecule has 0 fully saturated rings. The van der Waals surface area contributed by atoms with Crippen LogP contribution in [-0.2, 0) is 9.59 Å². The van der Waals surface area contributed by atoms with Gasteiger partial charge in [0.15, 0.2) is 6.04 Å². The summed E-state index contributed by atoms with van der Waals surface area (Å²) in [6.45, 7) is 0. The van der Waals surface area contributed by atoms with Crippen molar-refractivity contribution >= 4 is 17.9 Å². The Morgan fingerprint density at radius 3 is 2.48 bits per heavy atom. The maximum absolute atomic E-state index is 12.3. The Hall–Kier alpha value is -2.63. The number of nitrogens with one attached hydrogen (secondary N) is 1. The number of amides is 3. The Balaban J connectivity index is 2.05. The van der Waals surface area contributed by atoms with Gasteiger partial charge in [-0.2, -0.15) is 0 Å². The second kappa shape index (κ2) is 7.58. The lowest BCUT2D eigenvalue weighted by Crippen LogP contribution is -2.46. The minimum Gasteiger partial charge on any atom is -0.479 e. The van der Waals surface area contributed by atoms with Gasteiger partial charge in [0.1, 0.15) is 0 Å². The van der Waals surface area contributed by atoms with E-state index in [2.05, 4.69) is 5.32 Å². The van der Waals surface area contributed by atoms with Crippen molar-refractivity contribution in [2.24, 2.45) is 5.92 Å². The van der Waals surface area contributed by atoms with Crippen molar-refractivity contribution in [2.45, 2.75) is 25.3 Å². The number of hydrogen-bond donors (Lipinski definition) is 2. The monoisotopic (exact) mass is 316 g/mol. The average molecular weight is 316 g/mol. The number of urea groups is 1. The van der Waals surface area contributed by atoms with Crippen LogP contribution in [0.4, 0.5) is 4.79 Å². The van der Waals surface area contributed by atoms with Crippen molar-refractivity contribution in [3.63, 3.8) is 0 Å². The summed E-state index contributed by atoms with van der Waals surface area (Å²) in [6, 6.07) is 6.49. The normalized spacial score (nSPS) is 18.0. The molecule has 1 aromatic rings. The number of nitrogens with zero attached hydrogens (tertiary/aromatic N) is 1. The number of carbonyl (C=O) groups excluding carboxylic acids is 2. The van der Waals surface area contributed by atoms with Crippen LogP contribution in [0, 0.1) is 5.92 Å². The summed E-state index contributed by atoms with van der Waals surface area (Å²) < 4.78 is 0. The molecule has 23 heavy (non-hydrogen) atoms. The van der Waals surface area contributed by atoms with Gasteiger partial charge >= 0.3 is 12.0 Å². The van der Waals surface area contributed by atoms with Crippen LogP contribution in [0.25, 0.3) is 0 Å². The van der Waals surface area contributed by atoms with Gasteiger partial charge in [0.05, 0.1) is 0 Å². The van der Waals surface area contributed by atoms with Gasteiger partial charge in [-0.05, 0) is 24.8 Å². The number of carboxylic acid groups (broad SMARTS) is 1. The number of allylic oxidation sites excluding steroid dienone is 2. The Bertz CT molecular complexity index is 612. The molecule has 0 bridgehead atoms. The fourth-order valence-electron chi connectivity index (χ4n) is 2.55. The third-order valence-electron chi connectivity index (χ3n) is 3.90. The van der Waals surface area contributed by atoms with E-state index in [0.717, 1.165) is 11.3 Å². The minimum absolute atomic E-state index is 0.226. The van der Waals surface area contributed by atoms with Gasteiger partial charge in [-0.1, -0.05) is 42.5 Å². The molecule has 2 unspecified atom stereocenters. The van der Waals surface area contributed by atoms with E-state index in [0.29, 0.717) is 18.4 Å². The van der Waals surface area contributed by atoms with E-state index in [1.807, 2.05) is 12.2 Å². The molecule has 6 heteroatoms. The molecule has 1 aliphatic carbocycles. The van der Waals surface area contributed by atoms with Gasteiger partial charge in [0.25, 0.3) is 0 Å². The molecule has 2 N–H and O–H groups in total. The quantitative estimate of drug-likeness (QED) is 0.835. The Labute approximate surface area is 134 Å². The smallest absolute Gasteiger partial charge is 0.330 e. The number of hydrogen-bond acceptors (Lipinski definition) is 3. The van der Waals surface area contributed by atoms with Crippen molar-refractivity contribution in [3.05, 3.63) is 48.0 Å². The van der Waals surface area contributed by atoms with Crippen molar-refractivity contribution in [3.8, 4) is 0 Å². The standard InChI is InChI=1S/C17H20N2O4/c1-19(15(20)13-10-6-3-7-11-13)17(23)18-14(16(21)22)12-8-4-2-5-9-12/h2-6,8-9,13-14H,7,10-11H2,1H3,(H,18,23)(H,21,22). The first-order chi connectivity index (χ1) is 11.0. The number of carbonyl (C=O) groups is 3. The van der Waals surface area contributed by atoms with Crippen LogP contribution in [0.5, 0.6) is 0 Å². The molecule has 2 rings (SSSR count). The predicted molar refractivity (Wildman–Crippen MR) is 84.6 cm³/mol. The Morgan fingerprint density at radius 2 is 1.91 bits per heavy atom. The number of imide groups is 1. The van der Waals surface area contributed by atoms with Gasteiger partial charge in [0, 0.05) is 13.0 Å². The fraction of sp³-hybridized carbons (Fsp3) is 0.353. The van der Waals surface area contributed by atoms with Crippen molar-refractivity contribution < 1.29 is 19.5 Å². The molecule has 0 radical (unpaired) electrons. The molecule has 0 aromatic heterocycles. The number of carboxylic acids is 1. The van der Waals surface area contributed by atoms with Gasteiger partial charge in [-0.15, -0.1) is 0 Å². The molecular formula is C17H20N2O4. The minimum atomic E-state index is -1.19. The molecular weight excluding hydrogens is 296 g/mol. The molecule has 0 spiro atoms. The summed E-state index contributed by atoms with van der Waals surface area (Å²) in [4.78, 5) is 36.9. The molecule has 1 aromatic carbocycles. The van der Waals surface area contributed by atoms with Gasteiger partial charge in [0.2, 0.25) is 5.91 Å². The highest BCUT2D eigenvalue weighted by Crippen LogP contribution is 2.20. The molecule has 122 valence electrons. The number of benzene rings is 1. The zero-order valence-electron chi connectivity index (χ0n) is 12.9. The first-order valence-corrected chi connectivity index (χ1v) is 7.51. The van der Waals surface area contributed by atoms with Crippen molar-refractivity contribution in [1.29, 1.82) is 0 Å². The molecule has 1 aliphatic rings. The second-order valence-corrected chi connectivity index (χ2v) is 5.51. The summed E-state index contributed by atoms with van der Waals surface area (Å²) in [5.74, 6) is -1.69. The molecule has 0 saturated carbocycles. The summed E-state index contributed by atoms with van der Waals surface area (Å²) in [5.41, 5.74) is 0.454. The molecule has 0 heterocycles. The van der Waals surface area contributed by atoms with Crippen molar-refractivity contribution in [1.82, 2.24) is 10.2 Å². The zero-order chi connectivity index (χ0) is 16.8. The van der Waals surface area contributed by atoms with Crippen LogP contribution < -0.4 is 5.32 Å². The lowest BCUT2D eigenvalue weighted by atomic mass is 9.93. The van der Waals surface area contributed by atoms with Crippen LogP contribution in [0.1, 0.15) is 30.9 Å². The highest BCUT2D eigenvalue weighted by atomic mass is 16.4. The lowest BCUT2D eigenvalue weighted by Gasteiger charge is -2.25. The Morgan fingerprint density at radius 1 is 1.22 bits per heavy atom. The second-order valence-electron chi connectivity index (χ2n) is 5.51. The highest BCUT2D eigenvalue weighted by Gasteiger charge is 2.29. The maximum Gasteiger partial charge on any atom is 0.330 e. The third kappa shape index (κ3) is 4.18. The number of aliphatic carboxylic acids is 1. The van der Waals surface area contributed by atoms with E-state index in [9.17, 15) is 19.5 Å². The topological polar surface area (TPSA) is 86.7 Å². The zero-order valence-corrected chi connectivity index (χ0v) is 12.9. The van der Waals surface area contributed by atoms with Crippen LogP contribution in [0.2, 0.25) is 0 Å². The predicted octanol–water partition coefficient (Wildman–Crippen LogP) is 2.34. The van der Waals surface area contributed by atoms with E-state index >= 15 is 0 Å². The maximum atomic E-state index is 12.3. The molecule has 0 aliphatic heterocycles. The SMILES string of the molecule is CN(C(=O)NC(C(=O)O)c1ccccc1)C(=O)C1CC=CCC1. The summed E-state index contributed by atoms with van der Waals surface area (Å²) in [7, 11) is 1.37. The average Bonchev–Trinajstić information content (AvgIpc) is 2.59. The third-order valence-corrected chi connectivity index (χ3v) is 3.90. The molecule has 2 atom stereocenters. The van der Waals surface area contributed by atoms with Crippen LogP contribution in [0.3, 0.4) is 0 Å². The first kappa shape index (κ1) is 16.7. The first-order valence-electron chi connectivity index (χ1n) is 7.51. The van der Waals surface area contributed by atoms with E-state index in [1.54, 1.807) is 30.3 Å². The Kier molecular flexibility index (Phi) is 5.51. The van der Waals surface area contributed by atoms with E-state index in [4.69, 9.17) is 0 Å². The summed E-state index contributed by atoms with van der Waals surface area (Å²) in [6.07, 6.45) is 6.07. The molecule has 6 nitrogen and oxygen atoms in total. The lowest BCUT2D eigenvalue weighted by molar-refractivity contribution is -0.140. The van der Waals surface area contributed by atoms with Crippen molar-refractivity contribution in [2.75, 3.05) is 7.05 Å². The van der Waals surface area contributed by atoms with Crippen LogP contribution in [-0.4, -0.2) is 35.0 Å². The van der Waals surface area contributed by atoms with Gasteiger partial charge in [-0.3, -0.25) is 9.69 Å². The highest BCUT2D eigenvalue weighted by molar-refractivity contribution is 5.96. The number of rotatable bonds is 4. The van der Waals surface area contributed by atoms with Gasteiger partial charge in [-0.25, -0.2) is 9.59 Å². The van der Waals surface area contributed by atoms with E-state index in [-0.39, 0.29) is 11.8 Å². The summed E-state index contributed by atoms with van der Waals surface area (Å²) >= 11 is 0. The summed E-state index contributed by atoms with van der Waals surface area (Å²) in [5, 5.41) is 11.7. The van der Waals surface area contributed by atoms with E-state index < -0.39 is 18.0 Å². The van der Waals surface area contributed by atoms with Crippen LogP contribution >= 0.6 is 0 Å². The largest absolute Gasteiger partial charge is 0.479 e. The molecule has 3 amide bonds.